The van der Waals surface area contributed by atoms with Gasteiger partial charge in [-0.15, -0.1) is 0 Å². The van der Waals surface area contributed by atoms with E-state index < -0.39 is 0 Å². The van der Waals surface area contributed by atoms with E-state index >= 15 is 0 Å². The monoisotopic (exact) mass is 261 g/mol. The number of carbonyl (C=O) groups is 1. The van der Waals surface area contributed by atoms with E-state index in [0.29, 0.717) is 30.2 Å². The molecule has 1 rings (SSSR count). The zero-order valence-corrected chi connectivity index (χ0v) is 11.5. The van der Waals surface area contributed by atoms with E-state index in [1.165, 1.54) is 4.90 Å². The summed E-state index contributed by atoms with van der Waals surface area (Å²) >= 11 is 0. The third-order valence-corrected chi connectivity index (χ3v) is 2.67. The summed E-state index contributed by atoms with van der Waals surface area (Å²) in [7, 11) is 1.67. The number of carbonyl (C=O) groups excluding carboxylic acids is 1. The van der Waals surface area contributed by atoms with Crippen LogP contribution in [0.1, 0.15) is 24.2 Å². The second-order valence-electron chi connectivity index (χ2n) is 4.40. The highest BCUT2D eigenvalue weighted by atomic mass is 16.5. The lowest BCUT2D eigenvalue weighted by Crippen LogP contribution is -2.30. The number of ether oxygens (including phenoxy) is 1. The van der Waals surface area contributed by atoms with Gasteiger partial charge in [-0.2, -0.15) is 5.26 Å². The van der Waals surface area contributed by atoms with Gasteiger partial charge in [0.15, 0.2) is 0 Å². The van der Waals surface area contributed by atoms with Gasteiger partial charge >= 0.3 is 0 Å². The predicted octanol–water partition coefficient (Wildman–Crippen LogP) is 1.90. The van der Waals surface area contributed by atoms with Gasteiger partial charge in [-0.05, 0) is 32.0 Å². The number of nitrogen functional groups attached to an aromatic ring is 1. The van der Waals surface area contributed by atoms with Crippen molar-refractivity contribution in [1.29, 1.82) is 5.26 Å². The van der Waals surface area contributed by atoms with Crippen molar-refractivity contribution in [1.82, 2.24) is 4.90 Å². The first kappa shape index (κ1) is 14.8. The first-order valence-corrected chi connectivity index (χ1v) is 6.17. The van der Waals surface area contributed by atoms with Crippen LogP contribution in [0.3, 0.4) is 0 Å². The van der Waals surface area contributed by atoms with Crippen LogP contribution in [0, 0.1) is 17.2 Å². The molecule has 1 aromatic carbocycles. The fourth-order valence-corrected chi connectivity index (χ4v) is 1.72. The van der Waals surface area contributed by atoms with Gasteiger partial charge in [-0.3, -0.25) is 4.79 Å². The van der Waals surface area contributed by atoms with E-state index in [1.807, 2.05) is 6.92 Å². The molecule has 0 spiro atoms. The maximum atomic E-state index is 12.1. The molecule has 5 nitrogen and oxygen atoms in total. The number of nitriles is 1. The summed E-state index contributed by atoms with van der Waals surface area (Å²) in [6.45, 7) is 4.56. The van der Waals surface area contributed by atoms with Gasteiger partial charge in [-0.1, -0.05) is 0 Å². The second kappa shape index (κ2) is 6.64. The van der Waals surface area contributed by atoms with E-state index in [-0.39, 0.29) is 11.8 Å². The van der Waals surface area contributed by atoms with Gasteiger partial charge < -0.3 is 15.4 Å². The summed E-state index contributed by atoms with van der Waals surface area (Å²) in [5, 5.41) is 8.75. The highest BCUT2D eigenvalue weighted by Gasteiger charge is 2.15. The quantitative estimate of drug-likeness (QED) is 0.821. The minimum atomic E-state index is -0.200. The van der Waals surface area contributed by atoms with Gasteiger partial charge in [0, 0.05) is 19.2 Å². The number of hydrogen-bond donors (Lipinski definition) is 1. The molecule has 19 heavy (non-hydrogen) atoms. The number of rotatable bonds is 5. The van der Waals surface area contributed by atoms with E-state index in [0.717, 1.165) is 0 Å². The highest BCUT2D eigenvalue weighted by Crippen LogP contribution is 2.23. The molecule has 0 heterocycles. The van der Waals surface area contributed by atoms with Crippen LogP contribution in [-0.4, -0.2) is 31.0 Å². The number of hydrogen-bond acceptors (Lipinski definition) is 4. The molecule has 102 valence electrons. The summed E-state index contributed by atoms with van der Waals surface area (Å²) in [6.07, 6.45) is 0. The fourth-order valence-electron chi connectivity index (χ4n) is 1.72. The van der Waals surface area contributed by atoms with Crippen molar-refractivity contribution in [2.45, 2.75) is 13.8 Å². The summed E-state index contributed by atoms with van der Waals surface area (Å²) in [6, 6.07) is 7.06. The largest absolute Gasteiger partial charge is 0.492 e. The molecular formula is C14H19N3O2. The molecule has 1 atom stereocenters. The molecule has 0 bridgehead atoms. The number of anilines is 1. The summed E-state index contributed by atoms with van der Waals surface area (Å²) in [4.78, 5) is 13.7. The van der Waals surface area contributed by atoms with E-state index in [1.54, 1.807) is 32.2 Å². The molecule has 1 unspecified atom stereocenters. The van der Waals surface area contributed by atoms with Crippen LogP contribution < -0.4 is 10.5 Å². The zero-order chi connectivity index (χ0) is 14.4. The molecule has 0 aromatic heterocycles. The lowest BCUT2D eigenvalue weighted by atomic mass is 10.1. The Hall–Kier alpha value is -2.22. The Balaban J connectivity index is 2.83. The summed E-state index contributed by atoms with van der Waals surface area (Å²) in [5.74, 6) is 0.220. The molecule has 0 saturated heterocycles. The molecule has 0 aliphatic heterocycles. The number of benzene rings is 1. The minimum Gasteiger partial charge on any atom is -0.492 e. The van der Waals surface area contributed by atoms with Crippen molar-refractivity contribution in [2.75, 3.05) is 25.9 Å². The Morgan fingerprint density at radius 2 is 2.26 bits per heavy atom. The normalized spacial score (nSPS) is 11.5. The first-order chi connectivity index (χ1) is 8.99. The van der Waals surface area contributed by atoms with Gasteiger partial charge in [0.25, 0.3) is 5.91 Å². The van der Waals surface area contributed by atoms with E-state index in [2.05, 4.69) is 6.07 Å². The van der Waals surface area contributed by atoms with Gasteiger partial charge in [0.2, 0.25) is 0 Å². The predicted molar refractivity (Wildman–Crippen MR) is 73.8 cm³/mol. The molecule has 0 aliphatic rings. The van der Waals surface area contributed by atoms with Crippen LogP contribution in [0.5, 0.6) is 5.75 Å². The van der Waals surface area contributed by atoms with Crippen LogP contribution in [0.4, 0.5) is 5.69 Å². The third kappa shape index (κ3) is 3.88. The Kier molecular flexibility index (Phi) is 5.19. The average Bonchev–Trinajstić information content (AvgIpc) is 2.40. The van der Waals surface area contributed by atoms with Crippen LogP contribution in [0.25, 0.3) is 0 Å². The molecular weight excluding hydrogens is 242 g/mol. The Bertz CT molecular complexity index is 494. The van der Waals surface area contributed by atoms with Crippen molar-refractivity contribution in [2.24, 2.45) is 5.92 Å². The molecule has 2 N–H and O–H groups in total. The molecule has 5 heteroatoms. The maximum Gasteiger partial charge on any atom is 0.253 e. The van der Waals surface area contributed by atoms with Crippen molar-refractivity contribution in [3.8, 4) is 11.8 Å². The van der Waals surface area contributed by atoms with Crippen LogP contribution in [-0.2, 0) is 0 Å². The highest BCUT2D eigenvalue weighted by molar-refractivity contribution is 5.95. The molecule has 0 fully saturated rings. The Morgan fingerprint density at radius 1 is 1.58 bits per heavy atom. The SMILES string of the molecule is CCOc1ccc(C(=O)N(C)CC(C)C#N)cc1N. The minimum absolute atomic E-state index is 0.156. The van der Waals surface area contributed by atoms with Crippen LogP contribution in [0.15, 0.2) is 18.2 Å². The van der Waals surface area contributed by atoms with Gasteiger partial charge in [0.1, 0.15) is 5.75 Å². The Morgan fingerprint density at radius 3 is 2.79 bits per heavy atom. The van der Waals surface area contributed by atoms with Gasteiger partial charge in [0.05, 0.1) is 24.3 Å². The number of nitrogens with two attached hydrogens (primary N) is 1. The second-order valence-corrected chi connectivity index (χ2v) is 4.40. The maximum absolute atomic E-state index is 12.1. The van der Waals surface area contributed by atoms with E-state index in [9.17, 15) is 4.79 Å². The summed E-state index contributed by atoms with van der Waals surface area (Å²) in [5.41, 5.74) is 6.76. The molecule has 1 amide bonds. The average molecular weight is 261 g/mol. The van der Waals surface area contributed by atoms with Crippen molar-refractivity contribution in [3.63, 3.8) is 0 Å². The fraction of sp³-hybridized carbons (Fsp3) is 0.429. The standard InChI is InChI=1S/C14H19N3O2/c1-4-19-13-6-5-11(7-12(13)16)14(18)17(3)9-10(2)8-15/h5-7,10H,4,9,16H2,1-3H3. The lowest BCUT2D eigenvalue weighted by molar-refractivity contribution is 0.0785. The van der Waals surface area contributed by atoms with Crippen molar-refractivity contribution < 1.29 is 9.53 Å². The number of nitrogens with zero attached hydrogens (tertiary/aromatic N) is 2. The zero-order valence-electron chi connectivity index (χ0n) is 11.5. The molecule has 1 aromatic rings. The third-order valence-electron chi connectivity index (χ3n) is 2.67. The van der Waals surface area contributed by atoms with Crippen molar-refractivity contribution >= 4 is 11.6 Å². The van der Waals surface area contributed by atoms with E-state index in [4.69, 9.17) is 15.7 Å². The Labute approximate surface area is 113 Å². The molecule has 0 radical (unpaired) electrons. The van der Waals surface area contributed by atoms with Crippen LogP contribution in [0.2, 0.25) is 0 Å². The van der Waals surface area contributed by atoms with Crippen LogP contribution >= 0.6 is 0 Å². The van der Waals surface area contributed by atoms with Gasteiger partial charge in [-0.25, -0.2) is 0 Å². The number of amides is 1. The first-order valence-electron chi connectivity index (χ1n) is 6.17. The van der Waals surface area contributed by atoms with Crippen molar-refractivity contribution in [3.05, 3.63) is 23.8 Å². The molecule has 0 saturated carbocycles. The summed E-state index contributed by atoms with van der Waals surface area (Å²) < 4.78 is 5.32. The topological polar surface area (TPSA) is 79.3 Å². The molecule has 0 aliphatic carbocycles. The lowest BCUT2D eigenvalue weighted by Gasteiger charge is -2.19. The smallest absolute Gasteiger partial charge is 0.253 e.